The summed E-state index contributed by atoms with van der Waals surface area (Å²) >= 11 is 5.10. The lowest BCUT2D eigenvalue weighted by molar-refractivity contribution is 0.219. The highest BCUT2D eigenvalue weighted by atomic mass is 32.1. The van der Waals surface area contributed by atoms with Crippen molar-refractivity contribution in [3.8, 4) is 5.75 Å². The molecule has 94 valence electrons. The summed E-state index contributed by atoms with van der Waals surface area (Å²) in [6.45, 7) is 6.78. The van der Waals surface area contributed by atoms with Crippen molar-refractivity contribution in [3.63, 3.8) is 0 Å². The highest BCUT2D eigenvalue weighted by Gasteiger charge is 2.25. The second-order valence-corrected chi connectivity index (χ2v) is 4.36. The molecular formula is C13H15N3OS. The van der Waals surface area contributed by atoms with Crippen molar-refractivity contribution in [2.24, 2.45) is 10.2 Å². The molecule has 0 bridgehead atoms. The average Bonchev–Trinajstić information content (AvgIpc) is 2.71. The number of nitrogens with zero attached hydrogens (tertiary/aromatic N) is 3. The Morgan fingerprint density at radius 1 is 1.50 bits per heavy atom. The van der Waals surface area contributed by atoms with E-state index >= 15 is 0 Å². The second kappa shape index (κ2) is 5.73. The molecule has 0 aromatic heterocycles. The van der Waals surface area contributed by atoms with Crippen molar-refractivity contribution in [2.45, 2.75) is 13.1 Å². The predicted molar refractivity (Wildman–Crippen MR) is 74.8 cm³/mol. The van der Waals surface area contributed by atoms with E-state index in [0.717, 1.165) is 11.3 Å². The summed E-state index contributed by atoms with van der Waals surface area (Å²) in [5, 5.41) is 8.50. The summed E-state index contributed by atoms with van der Waals surface area (Å²) in [7, 11) is 0. The van der Waals surface area contributed by atoms with Crippen LogP contribution in [0.25, 0.3) is 0 Å². The number of para-hydroxylation sites is 1. The molecule has 1 atom stereocenters. The number of benzene rings is 1. The molecule has 0 radical (unpaired) electrons. The lowest BCUT2D eigenvalue weighted by atomic mass is 10.2. The zero-order valence-electron chi connectivity index (χ0n) is 10.2. The standard InChI is InChI=1S/C13H15N3OS/c1-3-8-16-12(14-15-13(16)18)9-17-11-7-5-4-6-10(11)2/h3-7,12H,1,8-9H2,2H3. The molecule has 0 amide bonds. The van der Waals surface area contributed by atoms with E-state index in [1.165, 1.54) is 0 Å². The molecule has 5 heteroatoms. The number of aryl methyl sites for hydroxylation is 1. The van der Waals surface area contributed by atoms with Gasteiger partial charge in [0.1, 0.15) is 12.4 Å². The summed E-state index contributed by atoms with van der Waals surface area (Å²) in [6, 6.07) is 7.89. The van der Waals surface area contributed by atoms with Crippen molar-refractivity contribution in [2.75, 3.05) is 13.2 Å². The topological polar surface area (TPSA) is 37.2 Å². The van der Waals surface area contributed by atoms with Crippen LogP contribution >= 0.6 is 12.2 Å². The smallest absolute Gasteiger partial charge is 0.218 e. The lowest BCUT2D eigenvalue weighted by Crippen LogP contribution is -2.37. The van der Waals surface area contributed by atoms with Crippen LogP contribution in [0.4, 0.5) is 0 Å². The maximum absolute atomic E-state index is 5.76. The van der Waals surface area contributed by atoms with Crippen molar-refractivity contribution in [1.82, 2.24) is 4.90 Å². The van der Waals surface area contributed by atoms with Gasteiger partial charge in [-0.15, -0.1) is 11.7 Å². The van der Waals surface area contributed by atoms with Crippen LogP contribution in [0.5, 0.6) is 5.75 Å². The zero-order valence-corrected chi connectivity index (χ0v) is 11.1. The van der Waals surface area contributed by atoms with Gasteiger partial charge < -0.3 is 9.64 Å². The van der Waals surface area contributed by atoms with Crippen molar-refractivity contribution in [3.05, 3.63) is 42.5 Å². The van der Waals surface area contributed by atoms with Crippen LogP contribution in [0, 0.1) is 6.92 Å². The molecule has 1 aromatic carbocycles. The molecule has 0 spiro atoms. The Hall–Kier alpha value is -1.75. The predicted octanol–water partition coefficient (Wildman–Crippen LogP) is 2.94. The fraction of sp³-hybridized carbons (Fsp3) is 0.308. The van der Waals surface area contributed by atoms with Gasteiger partial charge in [0.2, 0.25) is 5.11 Å². The number of ether oxygens (including phenoxy) is 1. The average molecular weight is 261 g/mol. The minimum atomic E-state index is -0.157. The Kier molecular flexibility index (Phi) is 4.04. The third-order valence-electron chi connectivity index (χ3n) is 2.69. The van der Waals surface area contributed by atoms with Crippen molar-refractivity contribution < 1.29 is 4.74 Å². The van der Waals surface area contributed by atoms with Crippen LogP contribution in [-0.4, -0.2) is 29.3 Å². The van der Waals surface area contributed by atoms with E-state index in [1.807, 2.05) is 36.1 Å². The maximum atomic E-state index is 5.76. The molecule has 2 rings (SSSR count). The number of rotatable bonds is 5. The minimum Gasteiger partial charge on any atom is -0.489 e. The Morgan fingerprint density at radius 3 is 3.00 bits per heavy atom. The summed E-state index contributed by atoms with van der Waals surface area (Å²) in [6.07, 6.45) is 1.62. The highest BCUT2D eigenvalue weighted by molar-refractivity contribution is 7.80. The number of thiocarbonyl (C=S) groups is 1. The number of hydrogen-bond donors (Lipinski definition) is 0. The molecule has 1 unspecified atom stereocenters. The van der Waals surface area contributed by atoms with E-state index in [4.69, 9.17) is 17.0 Å². The normalized spacial score (nSPS) is 18.2. The number of azo groups is 1. The molecule has 1 aliphatic rings. The van der Waals surface area contributed by atoms with Gasteiger partial charge in [-0.05, 0) is 30.8 Å². The van der Waals surface area contributed by atoms with Crippen LogP contribution < -0.4 is 4.74 Å². The lowest BCUT2D eigenvalue weighted by Gasteiger charge is -2.21. The van der Waals surface area contributed by atoms with E-state index < -0.39 is 0 Å². The van der Waals surface area contributed by atoms with Gasteiger partial charge in [0, 0.05) is 6.54 Å². The first-order chi connectivity index (χ1) is 8.72. The van der Waals surface area contributed by atoms with Crippen LogP contribution in [-0.2, 0) is 0 Å². The summed E-state index contributed by atoms with van der Waals surface area (Å²) in [5.41, 5.74) is 1.10. The maximum Gasteiger partial charge on any atom is 0.218 e. The minimum absolute atomic E-state index is 0.157. The SMILES string of the molecule is C=CCN1C(=S)N=NC1COc1ccccc1C. The first-order valence-electron chi connectivity index (χ1n) is 5.73. The summed E-state index contributed by atoms with van der Waals surface area (Å²) < 4.78 is 5.76. The molecule has 0 saturated carbocycles. The molecule has 4 nitrogen and oxygen atoms in total. The van der Waals surface area contributed by atoms with E-state index in [-0.39, 0.29) is 6.17 Å². The molecule has 0 N–H and O–H groups in total. The van der Waals surface area contributed by atoms with Crippen LogP contribution in [0.1, 0.15) is 5.56 Å². The van der Waals surface area contributed by atoms with Crippen molar-refractivity contribution >= 4 is 17.3 Å². The fourth-order valence-corrected chi connectivity index (χ4v) is 1.95. The van der Waals surface area contributed by atoms with Crippen molar-refractivity contribution in [1.29, 1.82) is 0 Å². The van der Waals surface area contributed by atoms with Crippen LogP contribution in [0.2, 0.25) is 0 Å². The summed E-state index contributed by atoms with van der Waals surface area (Å²) in [5.74, 6) is 0.865. The first-order valence-corrected chi connectivity index (χ1v) is 6.14. The van der Waals surface area contributed by atoms with Gasteiger partial charge in [-0.3, -0.25) is 0 Å². The third kappa shape index (κ3) is 2.73. The third-order valence-corrected chi connectivity index (χ3v) is 3.01. The first kappa shape index (κ1) is 12.7. The van der Waals surface area contributed by atoms with E-state index in [9.17, 15) is 0 Å². The monoisotopic (exact) mass is 261 g/mol. The number of hydrogen-bond acceptors (Lipinski definition) is 3. The Bertz CT molecular complexity index is 487. The van der Waals surface area contributed by atoms with Gasteiger partial charge in [0.05, 0.1) is 0 Å². The zero-order chi connectivity index (χ0) is 13.0. The van der Waals surface area contributed by atoms with E-state index in [1.54, 1.807) is 6.08 Å². The molecule has 1 aromatic rings. The van der Waals surface area contributed by atoms with Gasteiger partial charge >= 0.3 is 0 Å². The molecule has 18 heavy (non-hydrogen) atoms. The van der Waals surface area contributed by atoms with Gasteiger partial charge in [-0.25, -0.2) is 0 Å². The van der Waals surface area contributed by atoms with Gasteiger partial charge in [-0.1, -0.05) is 24.3 Å². The molecule has 1 aliphatic heterocycles. The van der Waals surface area contributed by atoms with Gasteiger partial charge in [0.25, 0.3) is 0 Å². The molecule has 0 fully saturated rings. The summed E-state index contributed by atoms with van der Waals surface area (Å²) in [4.78, 5) is 1.89. The van der Waals surface area contributed by atoms with Crippen LogP contribution in [0.3, 0.4) is 0 Å². The van der Waals surface area contributed by atoms with E-state index in [0.29, 0.717) is 18.3 Å². The van der Waals surface area contributed by atoms with E-state index in [2.05, 4.69) is 16.8 Å². The quantitative estimate of drug-likeness (QED) is 0.604. The molecule has 0 aliphatic carbocycles. The Morgan fingerprint density at radius 2 is 2.28 bits per heavy atom. The van der Waals surface area contributed by atoms with Gasteiger partial charge in [0.15, 0.2) is 6.17 Å². The molecule has 1 heterocycles. The Labute approximate surface area is 112 Å². The van der Waals surface area contributed by atoms with Crippen LogP contribution in [0.15, 0.2) is 47.1 Å². The Balaban J connectivity index is 1.98. The molecule has 0 saturated heterocycles. The highest BCUT2D eigenvalue weighted by Crippen LogP contribution is 2.19. The second-order valence-electron chi connectivity index (χ2n) is 4.00. The largest absolute Gasteiger partial charge is 0.489 e. The fourth-order valence-electron chi connectivity index (χ4n) is 1.71. The van der Waals surface area contributed by atoms with Gasteiger partial charge in [-0.2, -0.15) is 5.11 Å². The molecular weight excluding hydrogens is 246 g/mol.